The van der Waals surface area contributed by atoms with Gasteiger partial charge in [0.2, 0.25) is 0 Å². The van der Waals surface area contributed by atoms with Crippen molar-refractivity contribution in [3.05, 3.63) is 67.8 Å². The van der Waals surface area contributed by atoms with E-state index in [4.69, 9.17) is 13.9 Å². The number of hydrogen-bond donors (Lipinski definition) is 1. The SMILES string of the molecule is COC[C@H]1CN(c2cc(C)c3c4c(c(=O)oc3c2C)CN(C(=O)c2cc(N(C)C)c(C(=O)NS(=O)(=O)N3CCC(OC)CC3)cc2F)CC4)CCN1C. The van der Waals surface area contributed by atoms with E-state index in [9.17, 15) is 22.8 Å². The molecule has 2 amide bonds. The van der Waals surface area contributed by atoms with Crippen molar-refractivity contribution in [2.45, 2.75) is 51.8 Å². The molecule has 2 saturated heterocycles. The van der Waals surface area contributed by atoms with E-state index in [1.807, 2.05) is 13.8 Å². The van der Waals surface area contributed by atoms with Crippen molar-refractivity contribution in [2.24, 2.45) is 0 Å². The Kier molecular flexibility index (Phi) is 11.2. The lowest BCUT2D eigenvalue weighted by atomic mass is 9.92. The first-order chi connectivity index (χ1) is 25.1. The fourth-order valence-corrected chi connectivity index (χ4v) is 8.95. The van der Waals surface area contributed by atoms with Crippen LogP contribution in [0.2, 0.25) is 0 Å². The van der Waals surface area contributed by atoms with Crippen molar-refractivity contribution >= 4 is 44.4 Å². The number of amides is 2. The standard InChI is InChI=1S/C37H49FN6O8S/c1-22-16-31(42-15-14-41(5)24(19-42)21-50-6)23(2)34-33(22)26-10-11-43(20-29(26)37(47)52-34)36(46)27-18-32(40(3)4)28(17-30(27)38)35(45)39-53(48,49)44-12-8-25(51-7)9-13-44/h16-18,24-25H,8-15,19-21H2,1-7H3,(H,39,45)/t24-/m1/s1. The lowest BCUT2D eigenvalue weighted by molar-refractivity contribution is 0.0601. The van der Waals surface area contributed by atoms with Crippen molar-refractivity contribution in [1.82, 2.24) is 18.8 Å². The van der Waals surface area contributed by atoms with E-state index in [2.05, 4.69) is 27.6 Å². The summed E-state index contributed by atoms with van der Waals surface area (Å²) in [6.07, 6.45) is 1.25. The Morgan fingerprint density at radius 2 is 1.74 bits per heavy atom. The molecule has 53 heavy (non-hydrogen) atoms. The second kappa shape index (κ2) is 15.3. The van der Waals surface area contributed by atoms with Crippen LogP contribution in [0.15, 0.2) is 27.4 Å². The molecule has 0 spiro atoms. The molecule has 0 unspecified atom stereocenters. The van der Waals surface area contributed by atoms with Gasteiger partial charge in [-0.15, -0.1) is 0 Å². The summed E-state index contributed by atoms with van der Waals surface area (Å²) in [7, 11) is 4.35. The average Bonchev–Trinajstić information content (AvgIpc) is 3.13. The predicted molar refractivity (Wildman–Crippen MR) is 200 cm³/mol. The van der Waals surface area contributed by atoms with Crippen LogP contribution in [0.4, 0.5) is 15.8 Å². The number of nitrogens with one attached hydrogen (secondary N) is 1. The molecule has 3 aliphatic rings. The van der Waals surface area contributed by atoms with Gasteiger partial charge in [-0.05, 0) is 69.5 Å². The highest BCUT2D eigenvalue weighted by molar-refractivity contribution is 7.87. The summed E-state index contributed by atoms with van der Waals surface area (Å²) in [4.78, 5) is 48.3. The number of likely N-dealkylation sites (N-methyl/N-ethyl adjacent to an activating group) is 1. The van der Waals surface area contributed by atoms with E-state index >= 15 is 4.39 Å². The van der Waals surface area contributed by atoms with Crippen LogP contribution < -0.4 is 20.1 Å². The molecule has 288 valence electrons. The molecule has 0 bridgehead atoms. The molecule has 3 aliphatic heterocycles. The van der Waals surface area contributed by atoms with Gasteiger partial charge in [0.1, 0.15) is 11.4 Å². The van der Waals surface area contributed by atoms with Gasteiger partial charge in [-0.2, -0.15) is 12.7 Å². The Balaban J connectivity index is 1.25. The molecule has 1 N–H and O–H groups in total. The molecule has 16 heteroatoms. The normalized spacial score (nSPS) is 19.1. The monoisotopic (exact) mass is 756 g/mol. The molecule has 1 aromatic heterocycles. The maximum Gasteiger partial charge on any atom is 0.341 e. The van der Waals surface area contributed by atoms with Crippen molar-refractivity contribution in [3.8, 4) is 0 Å². The number of rotatable bonds is 9. The fraction of sp³-hybridized carbons (Fsp3) is 0.541. The fourth-order valence-electron chi connectivity index (χ4n) is 7.78. The zero-order valence-corrected chi connectivity index (χ0v) is 32.3. The minimum Gasteiger partial charge on any atom is -0.422 e. The number of halogens is 1. The number of carbonyl (C=O) groups is 2. The van der Waals surface area contributed by atoms with Gasteiger partial charge >= 0.3 is 15.8 Å². The first kappa shape index (κ1) is 38.6. The van der Waals surface area contributed by atoms with Crippen LogP contribution in [0.3, 0.4) is 0 Å². The molecule has 14 nitrogen and oxygen atoms in total. The Morgan fingerprint density at radius 3 is 2.40 bits per heavy atom. The van der Waals surface area contributed by atoms with Crippen LogP contribution in [0.5, 0.6) is 0 Å². The molecule has 2 fully saturated rings. The van der Waals surface area contributed by atoms with Gasteiger partial charge in [-0.1, -0.05) is 0 Å². The molecule has 3 aromatic rings. The molecular formula is C37H49FN6O8S. The van der Waals surface area contributed by atoms with Crippen LogP contribution in [-0.4, -0.2) is 128 Å². The number of benzene rings is 2. The topological polar surface area (TPSA) is 145 Å². The van der Waals surface area contributed by atoms with Crippen molar-refractivity contribution in [3.63, 3.8) is 0 Å². The van der Waals surface area contributed by atoms with E-state index in [-0.39, 0.29) is 55.1 Å². The average molecular weight is 757 g/mol. The minimum absolute atomic E-state index is 0.0667. The third-order valence-corrected chi connectivity index (χ3v) is 12.4. The van der Waals surface area contributed by atoms with E-state index in [1.165, 1.54) is 15.9 Å². The maximum atomic E-state index is 15.8. The molecule has 0 saturated carbocycles. The number of nitrogens with zero attached hydrogens (tertiary/aromatic N) is 5. The summed E-state index contributed by atoms with van der Waals surface area (Å²) in [6.45, 7) is 7.50. The highest BCUT2D eigenvalue weighted by Crippen LogP contribution is 2.36. The van der Waals surface area contributed by atoms with Gasteiger partial charge in [0.05, 0.1) is 47.7 Å². The molecule has 4 heterocycles. The van der Waals surface area contributed by atoms with Gasteiger partial charge in [-0.3, -0.25) is 14.5 Å². The molecule has 2 aromatic carbocycles. The van der Waals surface area contributed by atoms with Gasteiger partial charge in [0, 0.05) is 84.2 Å². The zero-order chi connectivity index (χ0) is 38.4. The Labute approximate surface area is 309 Å². The quantitative estimate of drug-likeness (QED) is 0.322. The summed E-state index contributed by atoms with van der Waals surface area (Å²) < 4.78 is 61.8. The van der Waals surface area contributed by atoms with Crippen LogP contribution in [-0.2, 0) is 32.6 Å². The van der Waals surface area contributed by atoms with E-state index in [0.29, 0.717) is 37.0 Å². The van der Waals surface area contributed by atoms with Gasteiger partial charge in [0.15, 0.2) is 0 Å². The number of piperidine rings is 1. The van der Waals surface area contributed by atoms with E-state index in [1.54, 1.807) is 28.3 Å². The number of methoxy groups -OCH3 is 2. The van der Waals surface area contributed by atoms with E-state index in [0.717, 1.165) is 57.8 Å². The third-order valence-electron chi connectivity index (χ3n) is 10.9. The Hall–Kier alpha value is -4.09. The summed E-state index contributed by atoms with van der Waals surface area (Å²) in [5, 5.41) is 0.852. The van der Waals surface area contributed by atoms with Gasteiger partial charge in [0.25, 0.3) is 11.8 Å². The van der Waals surface area contributed by atoms with Crippen LogP contribution in [0.25, 0.3) is 11.0 Å². The molecular weight excluding hydrogens is 708 g/mol. The minimum atomic E-state index is -4.22. The Bertz CT molecular complexity index is 2080. The van der Waals surface area contributed by atoms with Crippen LogP contribution in [0, 0.1) is 19.7 Å². The first-order valence-corrected chi connectivity index (χ1v) is 19.3. The van der Waals surface area contributed by atoms with Crippen molar-refractivity contribution in [1.29, 1.82) is 0 Å². The van der Waals surface area contributed by atoms with E-state index < -0.39 is 33.5 Å². The highest BCUT2D eigenvalue weighted by Gasteiger charge is 2.34. The first-order valence-electron chi connectivity index (χ1n) is 17.8. The summed E-state index contributed by atoms with van der Waals surface area (Å²) >= 11 is 0. The number of hydrogen-bond acceptors (Lipinski definition) is 11. The third kappa shape index (κ3) is 7.52. The largest absolute Gasteiger partial charge is 0.422 e. The second-order valence-electron chi connectivity index (χ2n) is 14.4. The second-order valence-corrected chi connectivity index (χ2v) is 16.1. The molecule has 0 aliphatic carbocycles. The number of aryl methyl sites for hydroxylation is 2. The van der Waals surface area contributed by atoms with Crippen LogP contribution >= 0.6 is 0 Å². The predicted octanol–water partition coefficient (Wildman–Crippen LogP) is 2.67. The van der Waals surface area contributed by atoms with Crippen molar-refractivity contribution in [2.75, 3.05) is 91.0 Å². The van der Waals surface area contributed by atoms with Gasteiger partial charge < -0.3 is 28.6 Å². The molecule has 6 rings (SSSR count). The smallest absolute Gasteiger partial charge is 0.341 e. The number of ether oxygens (including phenoxy) is 2. The lowest BCUT2D eigenvalue weighted by Crippen LogP contribution is -2.53. The summed E-state index contributed by atoms with van der Waals surface area (Å²) in [5.41, 5.74) is 3.58. The number of piperazine rings is 1. The lowest BCUT2D eigenvalue weighted by Gasteiger charge is -2.41. The number of carbonyl (C=O) groups excluding carboxylic acids is 2. The van der Waals surface area contributed by atoms with Gasteiger partial charge in [-0.25, -0.2) is 13.9 Å². The highest BCUT2D eigenvalue weighted by atomic mass is 32.2. The summed E-state index contributed by atoms with van der Waals surface area (Å²) in [6, 6.07) is 4.48. The van der Waals surface area contributed by atoms with Crippen molar-refractivity contribution < 1.29 is 36.3 Å². The Morgan fingerprint density at radius 1 is 1.02 bits per heavy atom. The number of fused-ring (bicyclic) bond motifs is 3. The number of anilines is 2. The molecule has 0 radical (unpaired) electrons. The summed E-state index contributed by atoms with van der Waals surface area (Å²) in [5.74, 6) is -2.68. The zero-order valence-electron chi connectivity index (χ0n) is 31.5. The molecule has 1 atom stereocenters. The van der Waals surface area contributed by atoms with Crippen LogP contribution in [0.1, 0.15) is 55.8 Å². The maximum absolute atomic E-state index is 15.8.